The van der Waals surface area contributed by atoms with Gasteiger partial charge in [0.15, 0.2) is 0 Å². The van der Waals surface area contributed by atoms with Crippen LogP contribution in [0.3, 0.4) is 0 Å². The van der Waals surface area contributed by atoms with Crippen molar-refractivity contribution in [3.63, 3.8) is 0 Å². The number of fused-ring (bicyclic) bond motifs is 13. The van der Waals surface area contributed by atoms with Gasteiger partial charge in [-0.1, -0.05) is 313 Å². The normalized spacial score (nSPS) is 13.5. The van der Waals surface area contributed by atoms with Gasteiger partial charge in [-0.05, 0) is 213 Å². The minimum atomic E-state index is -0.295. The monoisotopic (exact) mass is 1480 g/mol. The summed E-state index contributed by atoms with van der Waals surface area (Å²) in [6.45, 7) is 41.9. The highest BCUT2D eigenvalue weighted by molar-refractivity contribution is 7.00. The minimum absolute atomic E-state index is 0.0740. The second kappa shape index (κ2) is 25.8. The van der Waals surface area contributed by atoms with Crippen LogP contribution in [0.25, 0.3) is 121 Å². The Bertz CT molecular complexity index is 6690. The van der Waals surface area contributed by atoms with E-state index in [0.29, 0.717) is 0 Å². The van der Waals surface area contributed by atoms with E-state index >= 15 is 0 Å². The first-order valence-corrected chi connectivity index (χ1v) is 41.0. The summed E-state index contributed by atoms with van der Waals surface area (Å²) in [5.74, 6) is 0. The van der Waals surface area contributed by atoms with E-state index in [1.54, 1.807) is 0 Å². The van der Waals surface area contributed by atoms with E-state index in [4.69, 9.17) is 4.42 Å². The SMILES string of the molecule is CC(C)(C)c1cccc(-c2cc3c4c(c2)N(c2c(-c5cccc(C(C)(C)C)c5)ccc5c2c2ccccc2n5-c2ccccc2)c2cc(-c5cc(C(C)(C)C)cc(C(C)(C)C)c5)ccc2B4c2ccc(-n4c5ccc(C(C)(C)C)cc5c5cc(C(C)(C)C)ccc54)cc2N3c2c(-c3ccccc3)ccc3oc4ccccc4c23)c1. The first-order valence-electron chi connectivity index (χ1n) is 41.0. The smallest absolute Gasteiger partial charge is 0.252 e. The standard InChI is InChI=1S/C108H101BN4O/c1-103(2,3)72-35-29-33-67(55-72)71-60-94-100-95(61-71)113(102-80(66-31-21-19-22-32-66)48-54-97-99(102)83-40-26-28-42-96(83)114-97)93-65-79(111-89-51-44-74(105(7,8)9)63-84(89)85-64-75(106(10,11)12)45-52-90(85)111)46-50-87(93)109(100)86-49-43-68(70-57-76(107(13,14)15)62-77(58-70)108(16,17)18)59-92(86)112(94)101-81(69-34-30-36-73(56-69)104(4,5)6)47-53-91-98(101)82-39-25-27-41-88(82)110(91)78-37-23-20-24-38-78/h19-65H,1-18H3. The minimum Gasteiger partial charge on any atom is -0.456 e. The van der Waals surface area contributed by atoms with Gasteiger partial charge in [0, 0.05) is 72.2 Å². The van der Waals surface area contributed by atoms with Crippen LogP contribution in [0.5, 0.6) is 0 Å². The molecule has 3 aromatic heterocycles. The Hall–Kier alpha value is -11.9. The highest BCUT2D eigenvalue weighted by atomic mass is 16.3. The Morgan fingerprint density at radius 2 is 0.675 bits per heavy atom. The third-order valence-electron chi connectivity index (χ3n) is 24.8. The van der Waals surface area contributed by atoms with Gasteiger partial charge in [0.25, 0.3) is 6.71 Å². The van der Waals surface area contributed by atoms with Gasteiger partial charge in [-0.25, -0.2) is 0 Å². The lowest BCUT2D eigenvalue weighted by molar-refractivity contribution is 0.569. The molecule has 17 aromatic rings. The predicted molar refractivity (Wildman–Crippen MR) is 490 cm³/mol. The highest BCUT2D eigenvalue weighted by Gasteiger charge is 2.46. The number of hydrogen-bond donors (Lipinski definition) is 0. The highest BCUT2D eigenvalue weighted by Crippen LogP contribution is 2.56. The molecule has 19 rings (SSSR count). The van der Waals surface area contributed by atoms with Gasteiger partial charge in [-0.2, -0.15) is 0 Å². The van der Waals surface area contributed by atoms with Crippen LogP contribution >= 0.6 is 0 Å². The maximum absolute atomic E-state index is 7.19. The lowest BCUT2D eigenvalue weighted by atomic mass is 9.33. The lowest BCUT2D eigenvalue weighted by Crippen LogP contribution is -2.61. The van der Waals surface area contributed by atoms with Gasteiger partial charge >= 0.3 is 0 Å². The van der Waals surface area contributed by atoms with Crippen LogP contribution in [0, 0.1) is 0 Å². The topological polar surface area (TPSA) is 29.5 Å². The van der Waals surface area contributed by atoms with Crippen molar-refractivity contribution < 1.29 is 4.42 Å². The van der Waals surface area contributed by atoms with Crippen LogP contribution in [0.4, 0.5) is 34.1 Å². The van der Waals surface area contributed by atoms with Crippen molar-refractivity contribution in [3.05, 3.63) is 318 Å². The number of hydrogen-bond acceptors (Lipinski definition) is 3. The third kappa shape index (κ3) is 11.9. The summed E-state index contributed by atoms with van der Waals surface area (Å²) in [6, 6.07) is 110. The van der Waals surface area contributed by atoms with Crippen LogP contribution < -0.4 is 26.2 Å². The molecule has 6 heteroatoms. The van der Waals surface area contributed by atoms with Gasteiger partial charge < -0.3 is 23.4 Å². The number of benzene rings is 14. The Morgan fingerprint density at radius 1 is 0.246 bits per heavy atom. The molecule has 0 fully saturated rings. The molecule has 0 N–H and O–H groups in total. The van der Waals surface area contributed by atoms with Crippen molar-refractivity contribution in [2.45, 2.75) is 157 Å². The molecule has 0 bridgehead atoms. The molecule has 0 atom stereocenters. The number of furan rings is 1. The maximum atomic E-state index is 7.19. The molecule has 562 valence electrons. The van der Waals surface area contributed by atoms with E-state index < -0.39 is 0 Å². The van der Waals surface area contributed by atoms with Crippen molar-refractivity contribution in [3.8, 4) is 55.9 Å². The van der Waals surface area contributed by atoms with E-state index in [-0.39, 0.29) is 39.2 Å². The zero-order valence-electron chi connectivity index (χ0n) is 69.4. The maximum Gasteiger partial charge on any atom is 0.252 e. The first-order chi connectivity index (χ1) is 54.3. The molecule has 2 aliphatic heterocycles. The molecule has 0 saturated carbocycles. The Morgan fingerprint density at radius 3 is 1.28 bits per heavy atom. The van der Waals surface area contributed by atoms with Gasteiger partial charge in [0.2, 0.25) is 0 Å². The number of nitrogens with zero attached hydrogens (tertiary/aromatic N) is 4. The zero-order chi connectivity index (χ0) is 79.2. The summed E-state index contributed by atoms with van der Waals surface area (Å²) in [6.07, 6.45) is 0. The molecular formula is C108H101BN4O. The summed E-state index contributed by atoms with van der Waals surface area (Å²) in [5.41, 5.74) is 35.0. The molecule has 0 unspecified atom stereocenters. The van der Waals surface area contributed by atoms with Crippen molar-refractivity contribution in [2.24, 2.45) is 0 Å². The van der Waals surface area contributed by atoms with Gasteiger partial charge in [-0.3, -0.25) is 0 Å². The summed E-state index contributed by atoms with van der Waals surface area (Å²) < 4.78 is 12.3. The predicted octanol–water partition coefficient (Wildman–Crippen LogP) is 28.3. The van der Waals surface area contributed by atoms with Crippen molar-refractivity contribution in [2.75, 3.05) is 9.80 Å². The van der Waals surface area contributed by atoms with E-state index in [1.165, 1.54) is 87.9 Å². The van der Waals surface area contributed by atoms with Crippen molar-refractivity contribution >= 4 is 123 Å². The number of anilines is 6. The largest absolute Gasteiger partial charge is 0.456 e. The number of rotatable bonds is 8. The molecule has 2 aliphatic rings. The second-order valence-corrected chi connectivity index (χ2v) is 38.7. The Balaban J connectivity index is 1.02. The average molecular weight is 1480 g/mol. The summed E-state index contributed by atoms with van der Waals surface area (Å²) in [5, 5.41) is 6.97. The van der Waals surface area contributed by atoms with Crippen LogP contribution in [0.2, 0.25) is 0 Å². The molecule has 5 heterocycles. The molecule has 0 saturated heterocycles. The molecule has 5 nitrogen and oxygen atoms in total. The first kappa shape index (κ1) is 72.4. The molecule has 0 aliphatic carbocycles. The van der Waals surface area contributed by atoms with Crippen molar-refractivity contribution in [1.82, 2.24) is 9.13 Å². The fraction of sp³-hybridized carbons (Fsp3) is 0.222. The Labute approximate surface area is 673 Å². The summed E-state index contributed by atoms with van der Waals surface area (Å²) in [7, 11) is 0. The number of para-hydroxylation sites is 3. The molecule has 114 heavy (non-hydrogen) atoms. The van der Waals surface area contributed by atoms with E-state index in [1.807, 2.05) is 0 Å². The molecule has 0 spiro atoms. The number of aromatic nitrogens is 2. The summed E-state index contributed by atoms with van der Waals surface area (Å²) >= 11 is 0. The molecule has 14 aromatic carbocycles. The summed E-state index contributed by atoms with van der Waals surface area (Å²) in [4.78, 5) is 5.48. The molecule has 0 amide bonds. The van der Waals surface area contributed by atoms with Crippen LogP contribution in [0.1, 0.15) is 158 Å². The zero-order valence-corrected chi connectivity index (χ0v) is 69.4. The van der Waals surface area contributed by atoms with E-state index in [9.17, 15) is 0 Å². The Kier molecular flexibility index (Phi) is 16.4. The third-order valence-corrected chi connectivity index (χ3v) is 24.8. The molecular weight excluding hydrogens is 1380 g/mol. The van der Waals surface area contributed by atoms with Crippen molar-refractivity contribution in [1.29, 1.82) is 0 Å². The lowest BCUT2D eigenvalue weighted by Gasteiger charge is -2.45. The van der Waals surface area contributed by atoms with E-state index in [2.05, 4.69) is 429 Å². The molecule has 0 radical (unpaired) electrons. The fourth-order valence-corrected chi connectivity index (χ4v) is 18.4. The van der Waals surface area contributed by atoms with Crippen LogP contribution in [-0.2, 0) is 32.5 Å². The van der Waals surface area contributed by atoms with Crippen LogP contribution in [-0.4, -0.2) is 15.8 Å². The van der Waals surface area contributed by atoms with E-state index in [0.717, 1.165) is 117 Å². The van der Waals surface area contributed by atoms with Crippen LogP contribution in [0.15, 0.2) is 290 Å². The van der Waals surface area contributed by atoms with Gasteiger partial charge in [0.05, 0.1) is 38.8 Å². The van der Waals surface area contributed by atoms with Gasteiger partial charge in [0.1, 0.15) is 11.2 Å². The fourth-order valence-electron chi connectivity index (χ4n) is 18.4. The quantitative estimate of drug-likeness (QED) is 0.142. The average Bonchev–Trinajstić information content (AvgIpc) is 0.980. The second-order valence-electron chi connectivity index (χ2n) is 38.7. The van der Waals surface area contributed by atoms with Gasteiger partial charge in [-0.15, -0.1) is 0 Å².